The van der Waals surface area contributed by atoms with E-state index in [9.17, 15) is 20.7 Å². The summed E-state index contributed by atoms with van der Waals surface area (Å²) in [5.41, 5.74) is -1.53. The summed E-state index contributed by atoms with van der Waals surface area (Å²) in [4.78, 5) is 28.0. The quantitative estimate of drug-likeness (QED) is 0.459. The molecule has 2 aromatic carbocycles. The maximum Gasteiger partial charge on any atom is 0.303 e. The van der Waals surface area contributed by atoms with Gasteiger partial charge in [0, 0.05) is 68.3 Å². The Morgan fingerprint density at radius 3 is 2.65 bits per heavy atom. The number of amides is 2. The van der Waals surface area contributed by atoms with E-state index in [1.165, 1.54) is 36.1 Å². The highest BCUT2D eigenvalue weighted by Crippen LogP contribution is 2.47. The van der Waals surface area contributed by atoms with Gasteiger partial charge in [-0.1, -0.05) is 25.3 Å². The molecule has 0 radical (unpaired) electrons. The number of rotatable bonds is 2. The van der Waals surface area contributed by atoms with Crippen LogP contribution in [0.3, 0.4) is 0 Å². The Hall–Kier alpha value is -3.67. The van der Waals surface area contributed by atoms with Crippen molar-refractivity contribution in [2.45, 2.75) is 44.5 Å². The first-order chi connectivity index (χ1) is 27.5. The number of carbonyl (C=O) groups excluding carboxylic acids is 2. The lowest BCUT2D eigenvalue weighted by molar-refractivity contribution is -0.126. The Labute approximate surface area is 277 Å². The molecule has 1 aromatic heterocycles. The molecule has 1 saturated carbocycles. The third-order valence-corrected chi connectivity index (χ3v) is 8.38. The molecule has 1 N–H and O–H groups in total. The summed E-state index contributed by atoms with van der Waals surface area (Å²) >= 11 is 0. The second-order valence-electron chi connectivity index (χ2n) is 9.85. The number of likely N-dealkylation sites (N-methyl/N-ethyl adjacent to an activating group) is 2. The van der Waals surface area contributed by atoms with E-state index in [2.05, 4.69) is 4.74 Å². The van der Waals surface area contributed by atoms with Gasteiger partial charge in [0.15, 0.2) is 0 Å². The topological polar surface area (TPSA) is 110 Å². The Bertz CT molecular complexity index is 2450. The highest BCUT2D eigenvalue weighted by molar-refractivity contribution is 7.87. The second kappa shape index (κ2) is 11.8. The van der Waals surface area contributed by atoms with E-state index in [0.29, 0.717) is 5.56 Å². The van der Waals surface area contributed by atoms with E-state index in [0.717, 1.165) is 22.8 Å². The molecule has 1 fully saturated rings. The van der Waals surface area contributed by atoms with Crippen molar-refractivity contribution in [3.63, 3.8) is 0 Å². The summed E-state index contributed by atoms with van der Waals surface area (Å²) in [5, 5.41) is 0.181. The van der Waals surface area contributed by atoms with Crippen molar-refractivity contribution in [1.29, 1.82) is 0 Å². The first-order valence-corrected chi connectivity index (χ1v) is 14.5. The maximum absolute atomic E-state index is 14.9. The molecule has 10 nitrogen and oxygen atoms in total. The molecule has 228 valence electrons. The number of nitrogens with one attached hydrogen (secondary N) is 1. The van der Waals surface area contributed by atoms with E-state index in [1.807, 2.05) is 0 Å². The minimum Gasteiger partial charge on any atom is -0.497 e. The van der Waals surface area contributed by atoms with Gasteiger partial charge < -0.3 is 18.9 Å². The molecule has 1 aliphatic carbocycles. The zero-order valence-electron chi connectivity index (χ0n) is 40.6. The molecule has 3 aromatic rings. The van der Waals surface area contributed by atoms with E-state index < -0.39 is 101 Å². The van der Waals surface area contributed by atoms with Crippen LogP contribution in [0.1, 0.15) is 84.1 Å². The van der Waals surface area contributed by atoms with Crippen LogP contribution < -0.4 is 9.46 Å². The van der Waals surface area contributed by atoms with Gasteiger partial charge in [-0.15, -0.1) is 0 Å². The third kappa shape index (κ3) is 5.57. The Balaban J connectivity index is 1.79. The number of hydrogen-bond donors (Lipinski definition) is 1. The van der Waals surface area contributed by atoms with Crippen LogP contribution in [0, 0.1) is 0 Å². The number of methoxy groups -OCH3 is 1. The summed E-state index contributed by atoms with van der Waals surface area (Å²) in [6.45, 7) is -29.8. The molecule has 2 aliphatic heterocycles. The van der Waals surface area contributed by atoms with Gasteiger partial charge in [0.05, 0.1) is 43.4 Å². The predicted octanol–water partition coefficient (Wildman–Crippen LogP) is 4.16. The van der Waals surface area contributed by atoms with Crippen molar-refractivity contribution < 1.29 is 52.2 Å². The molecule has 11 heteroatoms. The van der Waals surface area contributed by atoms with Crippen molar-refractivity contribution in [2.75, 3.05) is 47.2 Å². The molecule has 0 atom stereocenters. The van der Waals surface area contributed by atoms with Gasteiger partial charge in [-0.3, -0.25) is 9.59 Å². The Morgan fingerprint density at radius 2 is 1.88 bits per heavy atom. The zero-order valence-corrected chi connectivity index (χ0v) is 23.5. The summed E-state index contributed by atoms with van der Waals surface area (Å²) < 4.78 is 191. The van der Waals surface area contributed by atoms with Crippen molar-refractivity contribution >= 4 is 39.0 Å². The van der Waals surface area contributed by atoms with Crippen LogP contribution in [0.5, 0.6) is 5.75 Å². The lowest BCUT2D eigenvalue weighted by Gasteiger charge is -2.24. The standard InChI is InChI=1S/C32H38N4O6S/c1-34-13-15-42-16-14-35(2)43(39,40)33-31(37)22-9-11-27-28(19-22)36-20-24(32(34)38)17-23-18-25(41-3)10-12-26(23)30(36)29(27)21-7-5-4-6-8-21/h9-12,17-19,21H,4-8,13-16,20H2,1-3H3,(H,33,37)/i1D3,2D3,4D2,13D2,14D2,15D2,16D2,20D2. The number of fused-ring (bicyclic) bond motifs is 4. The monoisotopic (exact) mass is 624 g/mol. The Morgan fingerprint density at radius 1 is 1.07 bits per heavy atom. The smallest absolute Gasteiger partial charge is 0.303 e. The first kappa shape index (κ1) is 14.9. The van der Waals surface area contributed by atoms with Gasteiger partial charge >= 0.3 is 10.2 Å². The van der Waals surface area contributed by atoms with Gasteiger partial charge in [0.1, 0.15) is 5.75 Å². The van der Waals surface area contributed by atoms with Crippen molar-refractivity contribution in [3.05, 3.63) is 58.7 Å². The molecule has 3 heterocycles. The molecule has 2 amide bonds. The van der Waals surface area contributed by atoms with Gasteiger partial charge in [-0.2, -0.15) is 12.7 Å². The fraction of sp³-hybridized carbons (Fsp3) is 0.438. The highest BCUT2D eigenvalue weighted by atomic mass is 32.2. The van der Waals surface area contributed by atoms with E-state index in [1.54, 1.807) is 0 Å². The van der Waals surface area contributed by atoms with Crippen molar-refractivity contribution in [3.8, 4) is 17.0 Å². The van der Waals surface area contributed by atoms with E-state index >= 15 is 0 Å². The van der Waals surface area contributed by atoms with Crippen LogP contribution in [0.4, 0.5) is 0 Å². The lowest BCUT2D eigenvalue weighted by atomic mass is 9.81. The van der Waals surface area contributed by atoms with Crippen LogP contribution in [0.2, 0.25) is 0 Å². The molecule has 3 aliphatic rings. The molecule has 6 rings (SSSR count). The fourth-order valence-electron chi connectivity index (χ4n) is 5.39. The van der Waals surface area contributed by atoms with E-state index in [-0.39, 0.29) is 59.2 Å². The number of hydrogen-bond acceptors (Lipinski definition) is 6. The summed E-state index contributed by atoms with van der Waals surface area (Å²) in [6, 6.07) is 7.60. The van der Waals surface area contributed by atoms with Gasteiger partial charge in [-0.05, 0) is 66.3 Å². The van der Waals surface area contributed by atoms with Crippen LogP contribution in [0.25, 0.3) is 28.2 Å². The van der Waals surface area contributed by atoms with Gasteiger partial charge in [0.25, 0.3) is 11.8 Å². The van der Waals surface area contributed by atoms with Crippen LogP contribution in [-0.2, 0) is 26.2 Å². The molecule has 43 heavy (non-hydrogen) atoms. The summed E-state index contributed by atoms with van der Waals surface area (Å²) in [6.07, 6.45) is -0.161. The first-order valence-electron chi connectivity index (χ1n) is 22.1. The van der Waals surface area contributed by atoms with Gasteiger partial charge in [0.2, 0.25) is 0 Å². The molecule has 4 bridgehead atoms. The normalized spacial score (nSPS) is 34.3. The largest absolute Gasteiger partial charge is 0.497 e. The fourth-order valence-corrected chi connectivity index (χ4v) is 5.99. The maximum atomic E-state index is 14.9. The van der Waals surface area contributed by atoms with Crippen LogP contribution in [-0.4, -0.2) is 81.2 Å². The molecular formula is C32H38N4O6S. The number of aromatic nitrogens is 1. The third-order valence-electron chi connectivity index (χ3n) is 7.37. The number of carbonyl (C=O) groups is 2. The molecule has 0 unspecified atom stereocenters. The Kier molecular flexibility index (Phi) is 4.08. The SMILES string of the molecule is [2H]C1([2H])CCC(c2c3n4c5cc(ccc25)C(=O)NS(=O)(=O)N(C([2H])([2H])[2H])C([2H])([2H])C([2H])([2H])OC([2H])([2H])C([2H])([2H])N(C([2H])([2H])[2H])C(=O)C(=Cc2cc(OC)ccc2-3)C4([2H])[2H])CC1. The molecule has 0 spiro atoms. The number of benzene rings is 2. The molecular weight excluding hydrogens is 568 g/mol. The van der Waals surface area contributed by atoms with Crippen LogP contribution in [0.15, 0.2) is 42.0 Å². The zero-order chi connectivity index (χ0) is 46.1. The van der Waals surface area contributed by atoms with Crippen molar-refractivity contribution in [2.24, 2.45) is 0 Å². The van der Waals surface area contributed by atoms with E-state index in [4.69, 9.17) is 26.7 Å². The highest BCUT2D eigenvalue weighted by Gasteiger charge is 2.31. The average Bonchev–Trinajstić information content (AvgIpc) is 3.37. The summed E-state index contributed by atoms with van der Waals surface area (Å²) in [7, 11) is -4.81. The minimum absolute atomic E-state index is 0.0152. The predicted molar refractivity (Wildman–Crippen MR) is 165 cm³/mol. The molecule has 0 saturated heterocycles. The second-order valence-corrected chi connectivity index (χ2v) is 11.4. The van der Waals surface area contributed by atoms with Gasteiger partial charge in [-0.25, -0.2) is 4.72 Å². The summed E-state index contributed by atoms with van der Waals surface area (Å²) in [5.74, 6) is -4.12. The van der Waals surface area contributed by atoms with Crippen molar-refractivity contribution in [1.82, 2.24) is 18.5 Å². The van der Waals surface area contributed by atoms with Crippen LogP contribution >= 0.6 is 0 Å². The minimum atomic E-state index is -6.10. The average molecular weight is 625 g/mol. The lowest BCUT2D eigenvalue weighted by Crippen LogP contribution is -2.42. The number of ether oxygens (including phenoxy) is 2. The number of nitrogens with zero attached hydrogens (tertiary/aromatic N) is 3.